The predicted molar refractivity (Wildman–Crippen MR) is 125 cm³/mol. The molecule has 198 valence electrons. The molecule has 36 heavy (non-hydrogen) atoms. The van der Waals surface area contributed by atoms with E-state index in [4.69, 9.17) is 27.1 Å². The van der Waals surface area contributed by atoms with E-state index in [9.17, 15) is 27.6 Å². The van der Waals surface area contributed by atoms with E-state index in [1.54, 1.807) is 4.72 Å². The van der Waals surface area contributed by atoms with Gasteiger partial charge in [-0.25, -0.2) is 13.9 Å². The minimum absolute atomic E-state index is 0.0420. The number of carbonyl (C=O) groups excluding carboxylic acids is 3. The summed E-state index contributed by atoms with van der Waals surface area (Å²) in [5.74, 6) is -2.67. The SMILES string of the molecule is NCCCC[C@H](N)C(=O)NS(=O)(=O)O[C@@H]1C[C@@H](C(N)=O)N(C(=O)Cn2cnc3c(=O)[nH]c(N)nc32)C1. The third kappa shape index (κ3) is 6.33. The molecular weight excluding hydrogens is 500 g/mol. The third-order valence-electron chi connectivity index (χ3n) is 5.50. The summed E-state index contributed by atoms with van der Waals surface area (Å²) < 4.78 is 32.7. The zero-order valence-electron chi connectivity index (χ0n) is 19.1. The lowest BCUT2D eigenvalue weighted by atomic mass is 10.1. The van der Waals surface area contributed by atoms with Gasteiger partial charge in [0, 0.05) is 13.0 Å². The molecule has 1 fully saturated rings. The molecule has 3 rings (SSSR count). The normalized spacial score (nSPS) is 18.9. The molecule has 18 heteroatoms. The van der Waals surface area contributed by atoms with Crippen LogP contribution in [0.25, 0.3) is 11.2 Å². The molecule has 0 radical (unpaired) electrons. The molecule has 0 spiro atoms. The number of imidazole rings is 1. The van der Waals surface area contributed by atoms with E-state index in [1.807, 2.05) is 0 Å². The van der Waals surface area contributed by atoms with E-state index in [-0.39, 0.29) is 36.5 Å². The number of fused-ring (bicyclic) bond motifs is 1. The van der Waals surface area contributed by atoms with Crippen molar-refractivity contribution < 1.29 is 27.0 Å². The Bertz CT molecular complexity index is 1310. The van der Waals surface area contributed by atoms with Crippen molar-refractivity contribution in [1.29, 1.82) is 0 Å². The van der Waals surface area contributed by atoms with Crippen LogP contribution < -0.4 is 33.2 Å². The Hall–Kier alpha value is -3.61. The molecule has 3 amide bonds. The summed E-state index contributed by atoms with van der Waals surface area (Å²) in [4.78, 5) is 60.1. The van der Waals surface area contributed by atoms with Gasteiger partial charge in [0.05, 0.1) is 18.5 Å². The quantitative estimate of drug-likeness (QED) is 0.152. The summed E-state index contributed by atoms with van der Waals surface area (Å²) in [6.45, 7) is -0.301. The van der Waals surface area contributed by atoms with Gasteiger partial charge in [-0.1, -0.05) is 6.42 Å². The molecule has 1 aliphatic rings. The molecule has 3 heterocycles. The second-order valence-electron chi connectivity index (χ2n) is 8.23. The first-order valence-electron chi connectivity index (χ1n) is 10.9. The van der Waals surface area contributed by atoms with Crippen LogP contribution in [0.15, 0.2) is 11.1 Å². The van der Waals surface area contributed by atoms with Crippen molar-refractivity contribution in [3.05, 3.63) is 16.7 Å². The lowest BCUT2D eigenvalue weighted by Crippen LogP contribution is -2.45. The molecule has 10 N–H and O–H groups in total. The number of likely N-dealkylation sites (tertiary alicyclic amines) is 1. The summed E-state index contributed by atoms with van der Waals surface area (Å²) in [6, 6.07) is -2.27. The van der Waals surface area contributed by atoms with Gasteiger partial charge in [-0.2, -0.15) is 13.4 Å². The molecule has 1 saturated heterocycles. The Morgan fingerprint density at radius 1 is 1.31 bits per heavy atom. The highest BCUT2D eigenvalue weighted by Crippen LogP contribution is 2.22. The maximum Gasteiger partial charge on any atom is 0.362 e. The number of carbonyl (C=O) groups is 3. The first-order valence-corrected chi connectivity index (χ1v) is 12.3. The van der Waals surface area contributed by atoms with Crippen LogP contribution in [0.1, 0.15) is 25.7 Å². The van der Waals surface area contributed by atoms with Crippen LogP contribution in [-0.2, 0) is 35.4 Å². The minimum atomic E-state index is -4.60. The fourth-order valence-corrected chi connectivity index (χ4v) is 4.72. The number of nitrogen functional groups attached to an aromatic ring is 1. The summed E-state index contributed by atoms with van der Waals surface area (Å²) in [5.41, 5.74) is 21.4. The summed E-state index contributed by atoms with van der Waals surface area (Å²) in [5, 5.41) is 0. The largest absolute Gasteiger partial charge is 0.369 e. The maximum absolute atomic E-state index is 13.0. The molecule has 17 nitrogen and oxygen atoms in total. The van der Waals surface area contributed by atoms with Gasteiger partial charge in [0.15, 0.2) is 11.2 Å². The van der Waals surface area contributed by atoms with E-state index in [0.717, 1.165) is 4.90 Å². The van der Waals surface area contributed by atoms with Gasteiger partial charge in [-0.05, 0) is 19.4 Å². The zero-order valence-corrected chi connectivity index (χ0v) is 19.9. The van der Waals surface area contributed by atoms with Gasteiger partial charge in [0.1, 0.15) is 12.6 Å². The van der Waals surface area contributed by atoms with Crippen LogP contribution in [0.2, 0.25) is 0 Å². The number of hydrogen-bond donors (Lipinski definition) is 6. The van der Waals surface area contributed by atoms with Crippen molar-refractivity contribution in [2.45, 2.75) is 50.4 Å². The minimum Gasteiger partial charge on any atom is -0.369 e. The van der Waals surface area contributed by atoms with Gasteiger partial charge in [-0.15, -0.1) is 0 Å². The number of H-pyrrole nitrogens is 1. The Kier molecular flexibility index (Phi) is 8.23. The predicted octanol–water partition coefficient (Wildman–Crippen LogP) is -4.01. The molecule has 0 aromatic carbocycles. The number of nitrogens with one attached hydrogen (secondary N) is 2. The van der Waals surface area contributed by atoms with Gasteiger partial charge in [0.2, 0.25) is 17.8 Å². The van der Waals surface area contributed by atoms with Crippen molar-refractivity contribution in [3.8, 4) is 0 Å². The number of hydrogen-bond acceptors (Lipinski definition) is 12. The molecule has 3 atom stereocenters. The lowest BCUT2D eigenvalue weighted by Gasteiger charge is -2.22. The molecule has 0 bridgehead atoms. The van der Waals surface area contributed by atoms with Crippen molar-refractivity contribution in [2.75, 3.05) is 18.8 Å². The number of aromatic nitrogens is 4. The van der Waals surface area contributed by atoms with Gasteiger partial charge < -0.3 is 32.4 Å². The van der Waals surface area contributed by atoms with Crippen LogP contribution in [0, 0.1) is 0 Å². The van der Waals surface area contributed by atoms with E-state index < -0.39 is 58.3 Å². The third-order valence-corrected chi connectivity index (χ3v) is 6.48. The number of primary amides is 1. The summed E-state index contributed by atoms with van der Waals surface area (Å²) in [7, 11) is -4.60. The smallest absolute Gasteiger partial charge is 0.362 e. The highest BCUT2D eigenvalue weighted by atomic mass is 32.2. The van der Waals surface area contributed by atoms with Crippen molar-refractivity contribution >= 4 is 45.1 Å². The van der Waals surface area contributed by atoms with Crippen molar-refractivity contribution in [2.24, 2.45) is 17.2 Å². The average molecular weight is 529 g/mol. The highest BCUT2D eigenvalue weighted by Gasteiger charge is 2.41. The van der Waals surface area contributed by atoms with E-state index >= 15 is 0 Å². The highest BCUT2D eigenvalue weighted by molar-refractivity contribution is 7.85. The number of anilines is 1. The van der Waals surface area contributed by atoms with E-state index in [0.29, 0.717) is 19.4 Å². The maximum atomic E-state index is 13.0. The Morgan fingerprint density at radius 2 is 2.03 bits per heavy atom. The van der Waals surface area contributed by atoms with Crippen LogP contribution in [0.5, 0.6) is 0 Å². The summed E-state index contributed by atoms with van der Waals surface area (Å²) >= 11 is 0. The van der Waals surface area contributed by atoms with Gasteiger partial charge in [-0.3, -0.25) is 24.2 Å². The summed E-state index contributed by atoms with van der Waals surface area (Å²) in [6.07, 6.45) is 1.19. The average Bonchev–Trinajstić information content (AvgIpc) is 3.37. The number of unbranched alkanes of at least 4 members (excludes halogenated alkanes) is 1. The Labute approximate surface area is 204 Å². The monoisotopic (exact) mass is 528 g/mol. The Balaban J connectivity index is 1.67. The number of rotatable bonds is 11. The standard InChI is InChI=1S/C18H28N10O7S/c19-4-2-1-3-10(20)16(31)26-36(33,34)35-9-5-11(14(21)30)28(6-9)12(29)7-27-8-23-13-15(27)24-18(22)25-17(13)32/h8-11H,1-7,19-20H2,(H2,21,30)(H,26,31)(H3,22,24,25,32)/t9-,10+,11+/m1/s1. The van der Waals surface area contributed by atoms with E-state index in [2.05, 4.69) is 15.0 Å². The fourth-order valence-electron chi connectivity index (χ4n) is 3.78. The molecule has 1 aliphatic heterocycles. The van der Waals surface area contributed by atoms with Crippen LogP contribution in [0.4, 0.5) is 5.95 Å². The zero-order chi connectivity index (χ0) is 26.6. The molecule has 2 aromatic rings. The Morgan fingerprint density at radius 3 is 2.69 bits per heavy atom. The number of amides is 3. The van der Waals surface area contributed by atoms with Gasteiger partial charge in [0.25, 0.3) is 11.5 Å². The molecule has 0 aliphatic carbocycles. The topological polar surface area (TPSA) is 278 Å². The van der Waals surface area contributed by atoms with Crippen molar-refractivity contribution in [3.63, 3.8) is 0 Å². The number of aromatic amines is 1. The fraction of sp³-hybridized carbons (Fsp3) is 0.556. The first kappa shape index (κ1) is 27.0. The molecular formula is C18H28N10O7S. The van der Waals surface area contributed by atoms with Crippen LogP contribution in [-0.4, -0.2) is 81.8 Å². The van der Waals surface area contributed by atoms with Crippen LogP contribution in [0.3, 0.4) is 0 Å². The first-order chi connectivity index (χ1) is 16.9. The van der Waals surface area contributed by atoms with Gasteiger partial charge >= 0.3 is 10.3 Å². The second-order valence-corrected chi connectivity index (χ2v) is 9.53. The van der Waals surface area contributed by atoms with E-state index in [1.165, 1.54) is 10.9 Å². The molecule has 2 aromatic heterocycles. The number of nitrogens with two attached hydrogens (primary N) is 4. The van der Waals surface area contributed by atoms with Crippen molar-refractivity contribution in [1.82, 2.24) is 29.1 Å². The molecule has 0 saturated carbocycles. The second kappa shape index (κ2) is 11.0. The molecule has 0 unspecified atom stereocenters. The number of nitrogens with zero attached hydrogens (tertiary/aromatic N) is 4. The van der Waals surface area contributed by atoms with Crippen LogP contribution >= 0.6 is 0 Å². The lowest BCUT2D eigenvalue weighted by molar-refractivity contribution is -0.137.